The molecule has 4 N–H and O–H groups in total. The number of benzene rings is 6. The van der Waals surface area contributed by atoms with Gasteiger partial charge in [-0.15, -0.1) is 0 Å². The molecule has 55 heavy (non-hydrogen) atoms. The van der Waals surface area contributed by atoms with Crippen molar-refractivity contribution in [1.29, 1.82) is 0 Å². The van der Waals surface area contributed by atoms with Crippen LogP contribution in [0.2, 0.25) is 20.1 Å². The molecular weight excluding hydrogens is 826 g/mol. The second-order valence-electron chi connectivity index (χ2n) is 11.9. The molecule has 0 saturated carbocycles. The summed E-state index contributed by atoms with van der Waals surface area (Å²) >= 11 is 24.2. The van der Waals surface area contributed by atoms with E-state index in [1.807, 2.05) is 24.3 Å². The molecule has 0 aromatic heterocycles. The number of nitrogens with one attached hydrogen (secondary N) is 4. The van der Waals surface area contributed by atoms with Gasteiger partial charge >= 0.3 is 0 Å². The number of anilines is 4. The molecule has 280 valence electrons. The van der Waals surface area contributed by atoms with Gasteiger partial charge in [-0.3, -0.25) is 19.0 Å². The highest BCUT2D eigenvalue weighted by atomic mass is 35.5. The highest BCUT2D eigenvalue weighted by Gasteiger charge is 2.23. The van der Waals surface area contributed by atoms with Crippen LogP contribution in [0.15, 0.2) is 143 Å². The first-order valence-electron chi connectivity index (χ1n) is 16.1. The van der Waals surface area contributed by atoms with Gasteiger partial charge in [0.05, 0.1) is 32.5 Å². The monoisotopic (exact) mass is 852 g/mol. The Balaban J connectivity index is 1.07. The van der Waals surface area contributed by atoms with Gasteiger partial charge in [0.25, 0.3) is 31.9 Å². The lowest BCUT2D eigenvalue weighted by atomic mass is 10.0. The fraction of sp³-hybridized carbons (Fsp3) is 0.0256. The molecule has 0 aliphatic rings. The summed E-state index contributed by atoms with van der Waals surface area (Å²) in [6.07, 6.45) is 0.538. The van der Waals surface area contributed by atoms with Crippen molar-refractivity contribution in [2.24, 2.45) is 0 Å². The Kier molecular flexibility index (Phi) is 12.1. The van der Waals surface area contributed by atoms with Gasteiger partial charge in [0, 0.05) is 21.4 Å². The first kappa shape index (κ1) is 39.6. The smallest absolute Gasteiger partial charge is 0.263 e. The molecule has 2 amide bonds. The quantitative estimate of drug-likeness (QED) is 0.0963. The molecule has 10 nitrogen and oxygen atoms in total. The van der Waals surface area contributed by atoms with Crippen LogP contribution in [0.5, 0.6) is 0 Å². The number of hydrogen-bond donors (Lipinski definition) is 4. The summed E-state index contributed by atoms with van der Waals surface area (Å²) in [5, 5.41) is 5.92. The Bertz CT molecular complexity index is 2460. The van der Waals surface area contributed by atoms with Crippen molar-refractivity contribution >= 4 is 101 Å². The number of rotatable bonds is 12. The highest BCUT2D eigenvalue weighted by Crippen LogP contribution is 2.30. The van der Waals surface area contributed by atoms with E-state index in [9.17, 15) is 26.4 Å². The molecule has 0 fully saturated rings. The zero-order chi connectivity index (χ0) is 39.3. The lowest BCUT2D eigenvalue weighted by Gasteiger charge is -2.14. The van der Waals surface area contributed by atoms with Gasteiger partial charge < -0.3 is 10.6 Å². The minimum atomic E-state index is -4.17. The van der Waals surface area contributed by atoms with Crippen molar-refractivity contribution < 1.29 is 26.4 Å². The maximum absolute atomic E-state index is 13.3. The summed E-state index contributed by atoms with van der Waals surface area (Å²) in [6.45, 7) is 0. The summed E-state index contributed by atoms with van der Waals surface area (Å²) in [4.78, 5) is 26.1. The first-order chi connectivity index (χ1) is 26.2. The number of para-hydroxylation sites is 2. The van der Waals surface area contributed by atoms with Crippen LogP contribution in [0.4, 0.5) is 22.7 Å². The highest BCUT2D eigenvalue weighted by molar-refractivity contribution is 7.93. The standard InChI is InChI=1S/C39H28Cl4N4O6S2/c40-26-13-19-32(42)36(22-26)54(50,51)46-34-7-3-1-5-30(34)38(48)44-28-15-9-24(10-16-28)21-25-11-17-29(18-12-25)45-39(49)31-6-2-4-8-35(31)47-55(52,53)37-23-27(41)14-20-33(37)43/h1-20,22-23,46-47H,21H2,(H,44,48)(H,45,49). The summed E-state index contributed by atoms with van der Waals surface area (Å²) in [5.74, 6) is -1.07. The molecule has 0 atom stereocenters. The van der Waals surface area contributed by atoms with Crippen molar-refractivity contribution in [1.82, 2.24) is 0 Å². The third-order valence-corrected chi connectivity index (χ3v) is 12.2. The SMILES string of the molecule is O=C(Nc1ccc(Cc2ccc(NC(=O)c3ccccc3NS(=O)(=O)c3cc(Cl)ccc3Cl)cc2)cc1)c1ccccc1NS(=O)(=O)c1cc(Cl)ccc1Cl. The summed E-state index contributed by atoms with van der Waals surface area (Å²) in [6, 6.07) is 34.8. The maximum Gasteiger partial charge on any atom is 0.263 e. The minimum absolute atomic E-state index is 0.0222. The average molecular weight is 855 g/mol. The van der Waals surface area contributed by atoms with Crippen LogP contribution < -0.4 is 20.1 Å². The molecule has 0 aliphatic heterocycles. The topological polar surface area (TPSA) is 151 Å². The largest absolute Gasteiger partial charge is 0.322 e. The van der Waals surface area contributed by atoms with Crippen LogP contribution >= 0.6 is 46.4 Å². The molecule has 16 heteroatoms. The van der Waals surface area contributed by atoms with Gasteiger partial charge in [0.15, 0.2) is 0 Å². The number of carbonyl (C=O) groups excluding carboxylic acids is 2. The van der Waals surface area contributed by atoms with Gasteiger partial charge in [-0.25, -0.2) is 16.8 Å². The zero-order valence-corrected chi connectivity index (χ0v) is 32.8. The minimum Gasteiger partial charge on any atom is -0.322 e. The molecule has 0 aliphatic carbocycles. The molecular formula is C39H28Cl4N4O6S2. The van der Waals surface area contributed by atoms with Crippen LogP contribution in [-0.2, 0) is 26.5 Å². The number of hydrogen-bond acceptors (Lipinski definition) is 6. The van der Waals surface area contributed by atoms with E-state index in [1.165, 1.54) is 60.7 Å². The van der Waals surface area contributed by atoms with Gasteiger partial charge in [0.1, 0.15) is 9.79 Å². The fourth-order valence-corrected chi connectivity index (χ4v) is 9.04. The Morgan fingerprint density at radius 3 is 1.22 bits per heavy atom. The molecule has 0 spiro atoms. The van der Waals surface area contributed by atoms with E-state index in [-0.39, 0.29) is 52.4 Å². The third-order valence-electron chi connectivity index (χ3n) is 8.03. The van der Waals surface area contributed by atoms with Gasteiger partial charge in [-0.05, 0) is 102 Å². The van der Waals surface area contributed by atoms with Gasteiger partial charge in [-0.1, -0.05) is 94.9 Å². The molecule has 0 heterocycles. The van der Waals surface area contributed by atoms with E-state index in [0.29, 0.717) is 17.8 Å². The van der Waals surface area contributed by atoms with E-state index >= 15 is 0 Å². The first-order valence-corrected chi connectivity index (χ1v) is 20.6. The van der Waals surface area contributed by atoms with E-state index < -0.39 is 31.9 Å². The second-order valence-corrected chi connectivity index (χ2v) is 16.9. The third kappa shape index (κ3) is 9.78. The molecule has 6 rings (SSSR count). The zero-order valence-electron chi connectivity index (χ0n) is 28.2. The lowest BCUT2D eigenvalue weighted by Crippen LogP contribution is -2.19. The summed E-state index contributed by atoms with van der Waals surface area (Å²) in [5.41, 5.74) is 3.13. The average Bonchev–Trinajstić information content (AvgIpc) is 3.15. The van der Waals surface area contributed by atoms with Crippen LogP contribution in [0.25, 0.3) is 0 Å². The van der Waals surface area contributed by atoms with Crippen LogP contribution in [0, 0.1) is 0 Å². The molecule has 0 unspecified atom stereocenters. The van der Waals surface area contributed by atoms with Crippen molar-refractivity contribution in [3.63, 3.8) is 0 Å². The number of carbonyl (C=O) groups is 2. The normalized spacial score (nSPS) is 11.4. The van der Waals surface area contributed by atoms with E-state index in [0.717, 1.165) is 11.1 Å². The van der Waals surface area contributed by atoms with E-state index in [2.05, 4.69) is 20.1 Å². The predicted octanol–water partition coefficient (Wildman–Crippen LogP) is 10.00. The van der Waals surface area contributed by atoms with E-state index in [4.69, 9.17) is 46.4 Å². The van der Waals surface area contributed by atoms with Crippen molar-refractivity contribution in [2.45, 2.75) is 16.2 Å². The van der Waals surface area contributed by atoms with E-state index in [1.54, 1.807) is 48.5 Å². The maximum atomic E-state index is 13.3. The predicted molar refractivity (Wildman–Crippen MR) is 219 cm³/mol. The van der Waals surface area contributed by atoms with Crippen molar-refractivity contribution in [3.8, 4) is 0 Å². The summed E-state index contributed by atoms with van der Waals surface area (Å²) in [7, 11) is -8.34. The second kappa shape index (κ2) is 16.7. The molecule has 0 radical (unpaired) electrons. The molecule has 6 aromatic rings. The van der Waals surface area contributed by atoms with Crippen LogP contribution in [-0.4, -0.2) is 28.6 Å². The lowest BCUT2D eigenvalue weighted by molar-refractivity contribution is 0.101. The number of halogens is 4. The van der Waals surface area contributed by atoms with Crippen molar-refractivity contribution in [2.75, 3.05) is 20.1 Å². The van der Waals surface area contributed by atoms with Crippen molar-refractivity contribution in [3.05, 3.63) is 176 Å². The molecule has 6 aromatic carbocycles. The fourth-order valence-electron chi connectivity index (χ4n) is 5.35. The van der Waals surface area contributed by atoms with Crippen LogP contribution in [0.3, 0.4) is 0 Å². The Hall–Kier alpha value is -5.08. The number of sulfonamides is 2. The molecule has 0 saturated heterocycles. The summed E-state index contributed by atoms with van der Waals surface area (Å²) < 4.78 is 57.3. The van der Waals surface area contributed by atoms with Crippen LogP contribution in [0.1, 0.15) is 31.8 Å². The van der Waals surface area contributed by atoms with Gasteiger partial charge in [0.2, 0.25) is 0 Å². The Morgan fingerprint density at radius 2 is 0.836 bits per heavy atom. The van der Waals surface area contributed by atoms with Gasteiger partial charge in [-0.2, -0.15) is 0 Å². The number of amides is 2. The Labute approximate surface area is 337 Å². The molecule has 0 bridgehead atoms. The Morgan fingerprint density at radius 1 is 0.473 bits per heavy atom.